The molecule has 11 heteroatoms. The summed E-state index contributed by atoms with van der Waals surface area (Å²) < 4.78 is 69.1. The molecule has 0 fully saturated rings. The van der Waals surface area contributed by atoms with Crippen molar-refractivity contribution in [2.45, 2.75) is 12.8 Å². The third kappa shape index (κ3) is 2.79. The minimum Gasteiger partial charge on any atom is -0.434 e. The summed E-state index contributed by atoms with van der Waals surface area (Å²) in [5, 5.41) is 7.40. The number of alkyl halides is 5. The first-order chi connectivity index (χ1) is 11.3. The van der Waals surface area contributed by atoms with Crippen LogP contribution in [-0.2, 0) is 6.18 Å². The van der Waals surface area contributed by atoms with E-state index >= 15 is 0 Å². The van der Waals surface area contributed by atoms with Gasteiger partial charge >= 0.3 is 12.8 Å². The number of nitrogen functional groups attached to an aromatic ring is 1. The fourth-order valence-corrected chi connectivity index (χ4v) is 2.13. The van der Waals surface area contributed by atoms with Gasteiger partial charge in [0, 0.05) is 5.56 Å². The molecule has 2 heterocycles. The summed E-state index contributed by atoms with van der Waals surface area (Å²) >= 11 is 0. The molecule has 0 spiro atoms. The number of nitrogens with zero attached hydrogens (tertiary/aromatic N) is 4. The first kappa shape index (κ1) is 15.9. The maximum Gasteiger partial charge on any atom is 0.416 e. The van der Waals surface area contributed by atoms with Crippen LogP contribution < -0.4 is 10.5 Å². The number of hydrogen-bond donors (Lipinski definition) is 1. The molecule has 3 rings (SSSR count). The van der Waals surface area contributed by atoms with Crippen molar-refractivity contribution in [2.24, 2.45) is 0 Å². The molecule has 0 aliphatic carbocycles. The van der Waals surface area contributed by atoms with Gasteiger partial charge in [-0.3, -0.25) is 4.40 Å². The largest absolute Gasteiger partial charge is 0.434 e. The van der Waals surface area contributed by atoms with Gasteiger partial charge < -0.3 is 10.5 Å². The topological polar surface area (TPSA) is 78.3 Å². The van der Waals surface area contributed by atoms with Crippen LogP contribution in [0.2, 0.25) is 0 Å². The maximum absolute atomic E-state index is 12.8. The molecule has 126 valence electrons. The number of nitrogens with two attached hydrogens (primary N) is 1. The highest BCUT2D eigenvalue weighted by atomic mass is 19.4. The number of halogens is 5. The smallest absolute Gasteiger partial charge is 0.416 e. The Morgan fingerprint density at radius 2 is 1.92 bits per heavy atom. The monoisotopic (exact) mass is 345 g/mol. The summed E-state index contributed by atoms with van der Waals surface area (Å²) in [7, 11) is 0. The van der Waals surface area contributed by atoms with Gasteiger partial charge in [-0.1, -0.05) is 0 Å². The standard InChI is InChI=1S/C13H8F5N5O/c14-11(15)24-9-3-6(13(16,17)18)1-2-7(9)10-8-4-20-5-23(8)12(19)22-21-10/h1-5,11H,(H2,19,22). The van der Waals surface area contributed by atoms with E-state index in [1.165, 1.54) is 16.9 Å². The van der Waals surface area contributed by atoms with Gasteiger partial charge in [-0.05, 0) is 18.2 Å². The van der Waals surface area contributed by atoms with Crippen molar-refractivity contribution in [3.63, 3.8) is 0 Å². The second-order valence-electron chi connectivity index (χ2n) is 4.64. The van der Waals surface area contributed by atoms with Crippen LogP contribution in [-0.4, -0.2) is 26.2 Å². The lowest BCUT2D eigenvalue weighted by Gasteiger charge is -2.14. The zero-order chi connectivity index (χ0) is 17.5. The van der Waals surface area contributed by atoms with Crippen LogP contribution in [0.4, 0.5) is 27.9 Å². The Morgan fingerprint density at radius 1 is 1.17 bits per heavy atom. The van der Waals surface area contributed by atoms with Crippen molar-refractivity contribution in [3.8, 4) is 17.0 Å². The van der Waals surface area contributed by atoms with Gasteiger partial charge in [-0.25, -0.2) is 4.98 Å². The molecule has 3 aromatic rings. The lowest BCUT2D eigenvalue weighted by Crippen LogP contribution is -2.09. The predicted molar refractivity (Wildman–Crippen MR) is 72.3 cm³/mol. The van der Waals surface area contributed by atoms with E-state index in [0.717, 1.165) is 12.1 Å². The molecule has 0 amide bonds. The average molecular weight is 345 g/mol. The summed E-state index contributed by atoms with van der Waals surface area (Å²) in [6.07, 6.45) is -2.08. The highest BCUT2D eigenvalue weighted by Gasteiger charge is 2.32. The second kappa shape index (κ2) is 5.58. The lowest BCUT2D eigenvalue weighted by atomic mass is 10.1. The third-order valence-corrected chi connectivity index (χ3v) is 3.16. The summed E-state index contributed by atoms with van der Waals surface area (Å²) in [6, 6.07) is 2.19. The Balaban J connectivity index is 2.22. The second-order valence-corrected chi connectivity index (χ2v) is 4.64. The van der Waals surface area contributed by atoms with Crippen LogP contribution in [0.3, 0.4) is 0 Å². The number of anilines is 1. The van der Waals surface area contributed by atoms with Gasteiger partial charge in [-0.15, -0.1) is 10.2 Å². The SMILES string of the molecule is Nc1nnc(-c2ccc(C(F)(F)F)cc2OC(F)F)c2cncn12. The lowest BCUT2D eigenvalue weighted by molar-refractivity contribution is -0.138. The normalized spacial score (nSPS) is 12.1. The third-order valence-electron chi connectivity index (χ3n) is 3.16. The number of hydrogen-bond acceptors (Lipinski definition) is 5. The molecule has 0 atom stereocenters. The molecule has 2 aromatic heterocycles. The van der Waals surface area contributed by atoms with E-state index in [2.05, 4.69) is 19.9 Å². The van der Waals surface area contributed by atoms with Crippen molar-refractivity contribution in [1.29, 1.82) is 0 Å². The average Bonchev–Trinajstić information content (AvgIpc) is 2.97. The molecule has 0 unspecified atom stereocenters. The highest BCUT2D eigenvalue weighted by molar-refractivity contribution is 5.80. The Bertz CT molecular complexity index is 892. The Morgan fingerprint density at radius 3 is 2.58 bits per heavy atom. The van der Waals surface area contributed by atoms with E-state index in [0.29, 0.717) is 6.07 Å². The van der Waals surface area contributed by atoms with Gasteiger partial charge in [0.25, 0.3) is 0 Å². The summed E-state index contributed by atoms with van der Waals surface area (Å²) in [5.41, 5.74) is 4.66. The highest BCUT2D eigenvalue weighted by Crippen LogP contribution is 2.38. The molecule has 2 N–H and O–H groups in total. The molecular weight excluding hydrogens is 337 g/mol. The van der Waals surface area contributed by atoms with E-state index in [-0.39, 0.29) is 22.7 Å². The van der Waals surface area contributed by atoms with Gasteiger partial charge in [0.2, 0.25) is 5.95 Å². The van der Waals surface area contributed by atoms with Crippen LogP contribution in [0.5, 0.6) is 5.75 Å². The summed E-state index contributed by atoms with van der Waals surface area (Å²) in [4.78, 5) is 3.83. The van der Waals surface area contributed by atoms with Crippen molar-refractivity contribution in [3.05, 3.63) is 36.3 Å². The number of benzene rings is 1. The van der Waals surface area contributed by atoms with Crippen LogP contribution >= 0.6 is 0 Å². The van der Waals surface area contributed by atoms with Crippen molar-refractivity contribution < 1.29 is 26.7 Å². The number of fused-ring (bicyclic) bond motifs is 1. The molecule has 0 aliphatic heterocycles. The predicted octanol–water partition coefficient (Wildman–Crippen LogP) is 2.99. The quantitative estimate of drug-likeness (QED) is 0.739. The van der Waals surface area contributed by atoms with Crippen LogP contribution in [0.15, 0.2) is 30.7 Å². The first-order valence-electron chi connectivity index (χ1n) is 6.38. The Labute approximate surface area is 130 Å². The van der Waals surface area contributed by atoms with Crippen LogP contribution in [0.25, 0.3) is 16.8 Å². The van der Waals surface area contributed by atoms with Crippen LogP contribution in [0, 0.1) is 0 Å². The van der Waals surface area contributed by atoms with E-state index in [1.807, 2.05) is 0 Å². The molecule has 6 nitrogen and oxygen atoms in total. The molecule has 0 saturated carbocycles. The van der Waals surface area contributed by atoms with Crippen molar-refractivity contribution in [1.82, 2.24) is 19.6 Å². The number of ether oxygens (including phenoxy) is 1. The van der Waals surface area contributed by atoms with E-state index in [4.69, 9.17) is 5.73 Å². The zero-order valence-electron chi connectivity index (χ0n) is 11.6. The van der Waals surface area contributed by atoms with Crippen molar-refractivity contribution in [2.75, 3.05) is 5.73 Å². The fourth-order valence-electron chi connectivity index (χ4n) is 2.13. The first-order valence-corrected chi connectivity index (χ1v) is 6.38. The van der Waals surface area contributed by atoms with Gasteiger partial charge in [0.05, 0.1) is 17.3 Å². The van der Waals surface area contributed by atoms with Gasteiger partial charge in [0.15, 0.2) is 0 Å². The molecule has 0 aliphatic rings. The van der Waals surface area contributed by atoms with Gasteiger partial charge in [0.1, 0.15) is 17.8 Å². The molecular formula is C13H8F5N5O. The Kier molecular flexibility index (Phi) is 3.70. The summed E-state index contributed by atoms with van der Waals surface area (Å²) in [5.74, 6) is -0.698. The zero-order valence-corrected chi connectivity index (χ0v) is 11.6. The molecule has 0 radical (unpaired) electrons. The van der Waals surface area contributed by atoms with Crippen LogP contribution in [0.1, 0.15) is 5.56 Å². The van der Waals surface area contributed by atoms with Gasteiger partial charge in [-0.2, -0.15) is 22.0 Å². The number of rotatable bonds is 3. The minimum absolute atomic E-state index is 0.00562. The maximum atomic E-state index is 12.8. The van der Waals surface area contributed by atoms with E-state index in [1.54, 1.807) is 0 Å². The molecule has 0 saturated heterocycles. The fraction of sp³-hybridized carbons (Fsp3) is 0.154. The van der Waals surface area contributed by atoms with Crippen molar-refractivity contribution >= 4 is 11.5 Å². The molecule has 24 heavy (non-hydrogen) atoms. The summed E-state index contributed by atoms with van der Waals surface area (Å²) in [6.45, 7) is -3.31. The van der Waals surface area contributed by atoms with E-state index in [9.17, 15) is 22.0 Å². The number of imidazole rings is 1. The molecule has 0 bridgehead atoms. The Hall–Kier alpha value is -2.98. The number of aromatic nitrogens is 4. The van der Waals surface area contributed by atoms with E-state index < -0.39 is 24.1 Å². The molecule has 1 aromatic carbocycles. The minimum atomic E-state index is -4.71.